The van der Waals surface area contributed by atoms with Crippen LogP contribution < -0.4 is 4.90 Å². The number of anilines is 1. The summed E-state index contributed by atoms with van der Waals surface area (Å²) in [7, 11) is 3.42. The van der Waals surface area contributed by atoms with Crippen LogP contribution in [0.3, 0.4) is 0 Å². The van der Waals surface area contributed by atoms with Gasteiger partial charge in [-0.25, -0.2) is 15.0 Å². The van der Waals surface area contributed by atoms with Gasteiger partial charge in [0.25, 0.3) is 5.91 Å². The molecule has 0 radical (unpaired) electrons. The number of aromatic nitrogens is 4. The molecule has 1 N–H and O–H groups in total. The number of halogens is 1. The predicted octanol–water partition coefficient (Wildman–Crippen LogP) is 2.31. The zero-order valence-corrected chi connectivity index (χ0v) is 14.7. The highest BCUT2D eigenvalue weighted by atomic mass is 35.5. The molecule has 0 spiro atoms. The summed E-state index contributed by atoms with van der Waals surface area (Å²) in [6.45, 7) is 1.47. The summed E-state index contributed by atoms with van der Waals surface area (Å²) < 4.78 is 0. The van der Waals surface area contributed by atoms with E-state index < -0.39 is 0 Å². The van der Waals surface area contributed by atoms with Crippen molar-refractivity contribution in [1.82, 2.24) is 24.8 Å². The first-order chi connectivity index (χ1) is 12.0. The molecule has 1 aromatic carbocycles. The first kappa shape index (κ1) is 15.8. The first-order valence-electron chi connectivity index (χ1n) is 7.95. The molecule has 3 aromatic rings. The third-order valence-corrected chi connectivity index (χ3v) is 4.55. The zero-order valence-electron chi connectivity index (χ0n) is 13.9. The second-order valence-electron chi connectivity index (χ2n) is 6.31. The fourth-order valence-corrected chi connectivity index (χ4v) is 3.12. The summed E-state index contributed by atoms with van der Waals surface area (Å²) in [6, 6.07) is 5.62. The third kappa shape index (κ3) is 2.80. The SMILES string of the molecule is CN(C)C(=O)c1nccnc1N1CC(c2nc3ccc(Cl)cc3[nH]2)C1. The molecule has 0 aliphatic carbocycles. The summed E-state index contributed by atoms with van der Waals surface area (Å²) in [5.74, 6) is 1.66. The fraction of sp³-hybridized carbons (Fsp3) is 0.294. The van der Waals surface area contributed by atoms with Gasteiger partial charge >= 0.3 is 0 Å². The normalized spacial score (nSPS) is 14.6. The summed E-state index contributed by atoms with van der Waals surface area (Å²) in [5.41, 5.74) is 2.21. The van der Waals surface area contributed by atoms with E-state index in [9.17, 15) is 4.79 Å². The van der Waals surface area contributed by atoms with E-state index in [2.05, 4.69) is 24.8 Å². The van der Waals surface area contributed by atoms with Crippen LogP contribution in [-0.2, 0) is 0 Å². The van der Waals surface area contributed by atoms with Crippen LogP contribution in [0, 0.1) is 0 Å². The van der Waals surface area contributed by atoms with E-state index in [1.807, 2.05) is 18.2 Å². The van der Waals surface area contributed by atoms with Crippen LogP contribution in [0.15, 0.2) is 30.6 Å². The van der Waals surface area contributed by atoms with Crippen LogP contribution in [0.1, 0.15) is 22.2 Å². The van der Waals surface area contributed by atoms with Crippen LogP contribution in [0.2, 0.25) is 5.02 Å². The van der Waals surface area contributed by atoms with Gasteiger partial charge in [-0.15, -0.1) is 0 Å². The molecule has 25 heavy (non-hydrogen) atoms. The quantitative estimate of drug-likeness (QED) is 0.779. The Morgan fingerprint density at radius 2 is 2.04 bits per heavy atom. The Morgan fingerprint density at radius 3 is 2.80 bits per heavy atom. The molecule has 0 unspecified atom stereocenters. The van der Waals surface area contributed by atoms with Gasteiger partial charge in [-0.05, 0) is 18.2 Å². The molecule has 1 amide bonds. The molecule has 128 valence electrons. The average Bonchev–Trinajstić information content (AvgIpc) is 2.95. The first-order valence-corrected chi connectivity index (χ1v) is 8.33. The van der Waals surface area contributed by atoms with E-state index in [0.29, 0.717) is 16.5 Å². The number of carbonyl (C=O) groups excluding carboxylic acids is 1. The summed E-state index contributed by atoms with van der Waals surface area (Å²) in [4.78, 5) is 32.4. The molecule has 3 heterocycles. The van der Waals surface area contributed by atoms with Crippen molar-refractivity contribution >= 4 is 34.4 Å². The number of fused-ring (bicyclic) bond motifs is 1. The molecule has 0 atom stereocenters. The van der Waals surface area contributed by atoms with Crippen molar-refractivity contribution in [3.05, 3.63) is 47.1 Å². The van der Waals surface area contributed by atoms with E-state index in [0.717, 1.165) is 29.9 Å². The number of H-pyrrole nitrogens is 1. The van der Waals surface area contributed by atoms with Crippen LogP contribution in [0.4, 0.5) is 5.82 Å². The number of rotatable bonds is 3. The Bertz CT molecular complexity index is 947. The van der Waals surface area contributed by atoms with E-state index in [4.69, 9.17) is 11.6 Å². The maximum Gasteiger partial charge on any atom is 0.275 e. The largest absolute Gasteiger partial charge is 0.353 e. The minimum atomic E-state index is -0.148. The lowest BCUT2D eigenvalue weighted by molar-refractivity contribution is 0.0822. The van der Waals surface area contributed by atoms with Gasteiger partial charge in [0.1, 0.15) is 5.82 Å². The van der Waals surface area contributed by atoms with Gasteiger partial charge in [-0.2, -0.15) is 0 Å². The van der Waals surface area contributed by atoms with Gasteiger partial charge in [0, 0.05) is 44.6 Å². The van der Waals surface area contributed by atoms with Gasteiger partial charge in [-0.1, -0.05) is 11.6 Å². The fourth-order valence-electron chi connectivity index (χ4n) is 2.94. The van der Waals surface area contributed by atoms with Crippen LogP contribution in [-0.4, -0.2) is 57.9 Å². The molecule has 1 aliphatic heterocycles. The molecular formula is C17H17ClN6O. The highest BCUT2D eigenvalue weighted by molar-refractivity contribution is 6.31. The summed E-state index contributed by atoms with van der Waals surface area (Å²) >= 11 is 6.02. The molecule has 4 rings (SSSR count). The van der Waals surface area contributed by atoms with Gasteiger partial charge in [0.2, 0.25) is 0 Å². The summed E-state index contributed by atoms with van der Waals surface area (Å²) in [6.07, 6.45) is 3.15. The number of nitrogens with one attached hydrogen (secondary N) is 1. The third-order valence-electron chi connectivity index (χ3n) is 4.32. The van der Waals surface area contributed by atoms with Crippen molar-refractivity contribution < 1.29 is 4.79 Å². The Morgan fingerprint density at radius 1 is 1.28 bits per heavy atom. The molecule has 1 saturated heterocycles. The number of hydrogen-bond acceptors (Lipinski definition) is 5. The molecule has 1 fully saturated rings. The van der Waals surface area contributed by atoms with E-state index >= 15 is 0 Å². The molecular weight excluding hydrogens is 340 g/mol. The van der Waals surface area contributed by atoms with Crippen molar-refractivity contribution in [2.45, 2.75) is 5.92 Å². The van der Waals surface area contributed by atoms with Gasteiger partial charge in [-0.3, -0.25) is 4.79 Å². The van der Waals surface area contributed by atoms with Gasteiger partial charge < -0.3 is 14.8 Å². The highest BCUT2D eigenvalue weighted by Gasteiger charge is 2.34. The van der Waals surface area contributed by atoms with E-state index in [1.54, 1.807) is 26.5 Å². The highest BCUT2D eigenvalue weighted by Crippen LogP contribution is 2.32. The van der Waals surface area contributed by atoms with E-state index in [1.165, 1.54) is 4.90 Å². The maximum absolute atomic E-state index is 12.3. The van der Waals surface area contributed by atoms with Crippen molar-refractivity contribution in [3.63, 3.8) is 0 Å². The minimum Gasteiger partial charge on any atom is -0.353 e. The zero-order chi connectivity index (χ0) is 17.6. The number of carbonyl (C=O) groups is 1. The average molecular weight is 357 g/mol. The van der Waals surface area contributed by atoms with Crippen molar-refractivity contribution in [2.24, 2.45) is 0 Å². The van der Waals surface area contributed by atoms with E-state index in [-0.39, 0.29) is 11.8 Å². The number of hydrogen-bond donors (Lipinski definition) is 1. The minimum absolute atomic E-state index is 0.148. The van der Waals surface area contributed by atoms with Gasteiger partial charge in [0.05, 0.1) is 17.0 Å². The van der Waals surface area contributed by atoms with Crippen LogP contribution >= 0.6 is 11.6 Å². The van der Waals surface area contributed by atoms with Crippen molar-refractivity contribution in [1.29, 1.82) is 0 Å². The number of imidazole rings is 1. The summed E-state index contributed by atoms with van der Waals surface area (Å²) in [5, 5.41) is 0.685. The van der Waals surface area contributed by atoms with Crippen molar-refractivity contribution in [2.75, 3.05) is 32.1 Å². The molecule has 8 heteroatoms. The number of aromatic amines is 1. The lowest BCUT2D eigenvalue weighted by Crippen LogP contribution is -2.47. The predicted molar refractivity (Wildman–Crippen MR) is 96.1 cm³/mol. The lowest BCUT2D eigenvalue weighted by atomic mass is 9.99. The topological polar surface area (TPSA) is 78.0 Å². The Labute approximate surface area is 149 Å². The van der Waals surface area contributed by atoms with Crippen LogP contribution in [0.5, 0.6) is 0 Å². The second kappa shape index (κ2) is 6.00. The lowest BCUT2D eigenvalue weighted by Gasteiger charge is -2.39. The molecule has 7 nitrogen and oxygen atoms in total. The second-order valence-corrected chi connectivity index (χ2v) is 6.75. The molecule has 1 aliphatic rings. The number of nitrogens with zero attached hydrogens (tertiary/aromatic N) is 5. The standard InChI is InChI=1S/C17H17ClN6O/c1-23(2)17(25)14-16(20-6-5-19-14)24-8-10(9-24)15-21-12-4-3-11(18)7-13(12)22-15/h3-7,10H,8-9H2,1-2H3,(H,21,22). The monoisotopic (exact) mass is 356 g/mol. The smallest absolute Gasteiger partial charge is 0.275 e. The molecule has 0 bridgehead atoms. The molecule has 0 saturated carbocycles. The number of benzene rings is 1. The van der Waals surface area contributed by atoms with Crippen molar-refractivity contribution in [3.8, 4) is 0 Å². The maximum atomic E-state index is 12.3. The Kier molecular flexibility index (Phi) is 3.80. The number of amides is 1. The van der Waals surface area contributed by atoms with Gasteiger partial charge in [0.15, 0.2) is 11.5 Å². The Hall–Kier alpha value is -2.67. The molecule has 2 aromatic heterocycles. The van der Waals surface area contributed by atoms with Crippen LogP contribution in [0.25, 0.3) is 11.0 Å². The Balaban J connectivity index is 1.55.